The molecule has 0 saturated heterocycles. The van der Waals surface area contributed by atoms with Gasteiger partial charge in [0.25, 0.3) is 5.91 Å². The maximum Gasteiger partial charge on any atom is 0.257 e. The quantitative estimate of drug-likeness (QED) is 0.798. The molecule has 4 nitrogen and oxygen atoms in total. The number of nitrogens with one attached hydrogen (secondary N) is 1. The predicted octanol–water partition coefficient (Wildman–Crippen LogP) is 1.31. The van der Waals surface area contributed by atoms with Gasteiger partial charge in [0.05, 0.1) is 0 Å². The van der Waals surface area contributed by atoms with Crippen LogP contribution >= 0.6 is 0 Å². The van der Waals surface area contributed by atoms with Crippen LogP contribution in [0, 0.1) is 5.41 Å². The second-order valence-corrected chi connectivity index (χ2v) is 4.94. The Bertz CT molecular complexity index is 383. The van der Waals surface area contributed by atoms with Crippen molar-refractivity contribution >= 4 is 5.91 Å². The number of hydrogen-bond donors (Lipinski definition) is 2. The molecule has 0 spiro atoms. The molecule has 0 bridgehead atoms. The van der Waals surface area contributed by atoms with Crippen LogP contribution in [-0.2, 0) is 4.79 Å². The van der Waals surface area contributed by atoms with Crippen LogP contribution in [0.5, 0.6) is 5.75 Å². The number of benzene rings is 1. The van der Waals surface area contributed by atoms with Crippen LogP contribution in [0.2, 0.25) is 0 Å². The molecule has 0 radical (unpaired) electrons. The number of hydrogen-bond acceptors (Lipinski definition) is 3. The zero-order valence-electron chi connectivity index (χ0n) is 10.5. The maximum atomic E-state index is 11.6. The van der Waals surface area contributed by atoms with Crippen LogP contribution < -0.4 is 15.8 Å². The van der Waals surface area contributed by atoms with Gasteiger partial charge in [-0.05, 0) is 36.9 Å². The molecule has 18 heavy (non-hydrogen) atoms. The summed E-state index contributed by atoms with van der Waals surface area (Å²) in [4.78, 5) is 11.6. The van der Waals surface area contributed by atoms with Gasteiger partial charge in [0, 0.05) is 6.54 Å². The predicted molar refractivity (Wildman–Crippen MR) is 70.3 cm³/mol. The molecule has 0 aliphatic heterocycles. The number of carbonyl (C=O) groups excluding carboxylic acids is 1. The molecule has 4 heteroatoms. The molecule has 0 aromatic heterocycles. The van der Waals surface area contributed by atoms with Gasteiger partial charge < -0.3 is 15.8 Å². The van der Waals surface area contributed by atoms with Gasteiger partial charge in [-0.3, -0.25) is 4.79 Å². The molecular weight excluding hydrogens is 228 g/mol. The highest BCUT2D eigenvalue weighted by Gasteiger charge is 2.35. The lowest BCUT2D eigenvalue weighted by Gasteiger charge is -2.40. The fourth-order valence-corrected chi connectivity index (χ4v) is 2.13. The molecule has 0 atom stereocenters. The minimum Gasteiger partial charge on any atom is -0.484 e. The monoisotopic (exact) mass is 248 g/mol. The van der Waals surface area contributed by atoms with E-state index in [-0.39, 0.29) is 17.9 Å². The van der Waals surface area contributed by atoms with Crippen LogP contribution in [0.1, 0.15) is 19.3 Å². The second-order valence-electron chi connectivity index (χ2n) is 4.94. The zero-order chi connectivity index (χ0) is 12.8. The Morgan fingerprint density at radius 3 is 2.61 bits per heavy atom. The molecule has 1 aromatic rings. The zero-order valence-corrected chi connectivity index (χ0v) is 10.5. The Kier molecular flexibility index (Phi) is 4.20. The van der Waals surface area contributed by atoms with Crippen LogP contribution in [0.3, 0.4) is 0 Å². The van der Waals surface area contributed by atoms with Gasteiger partial charge in [-0.15, -0.1) is 0 Å². The number of ether oxygens (including phenoxy) is 1. The highest BCUT2D eigenvalue weighted by atomic mass is 16.5. The first-order valence-corrected chi connectivity index (χ1v) is 6.39. The molecule has 1 saturated carbocycles. The average Bonchev–Trinajstić information content (AvgIpc) is 2.37. The third-order valence-corrected chi connectivity index (χ3v) is 3.62. The highest BCUT2D eigenvalue weighted by molar-refractivity contribution is 5.77. The van der Waals surface area contributed by atoms with Crippen molar-refractivity contribution < 1.29 is 9.53 Å². The topological polar surface area (TPSA) is 64.3 Å². The summed E-state index contributed by atoms with van der Waals surface area (Å²) in [6.07, 6.45) is 3.44. The first kappa shape index (κ1) is 12.9. The summed E-state index contributed by atoms with van der Waals surface area (Å²) in [6, 6.07) is 9.34. The number of nitrogens with two attached hydrogens (primary N) is 1. The first-order chi connectivity index (χ1) is 8.74. The average molecular weight is 248 g/mol. The standard InChI is InChI=1S/C14H20N2O2/c15-10-14(7-4-8-14)11-16-13(17)9-18-12-5-2-1-3-6-12/h1-3,5-6H,4,7-11,15H2,(H,16,17). The van der Waals surface area contributed by atoms with Crippen LogP contribution in [-0.4, -0.2) is 25.6 Å². The molecule has 1 fully saturated rings. The summed E-state index contributed by atoms with van der Waals surface area (Å²) >= 11 is 0. The lowest BCUT2D eigenvalue weighted by molar-refractivity contribution is -0.123. The van der Waals surface area contributed by atoms with Gasteiger partial charge in [0.15, 0.2) is 6.61 Å². The van der Waals surface area contributed by atoms with Gasteiger partial charge in [0.1, 0.15) is 5.75 Å². The number of amides is 1. The lowest BCUT2D eigenvalue weighted by atomic mass is 9.69. The summed E-state index contributed by atoms with van der Waals surface area (Å²) < 4.78 is 5.38. The van der Waals surface area contributed by atoms with Crippen molar-refractivity contribution in [3.05, 3.63) is 30.3 Å². The molecule has 1 aromatic carbocycles. The summed E-state index contributed by atoms with van der Waals surface area (Å²) in [6.45, 7) is 1.37. The molecule has 1 amide bonds. The summed E-state index contributed by atoms with van der Waals surface area (Å²) in [5.41, 5.74) is 5.88. The molecule has 1 aliphatic carbocycles. The fraction of sp³-hybridized carbons (Fsp3) is 0.500. The minimum absolute atomic E-state index is 0.0602. The SMILES string of the molecule is NCC1(CNC(=O)COc2ccccc2)CCC1. The van der Waals surface area contributed by atoms with E-state index in [1.165, 1.54) is 6.42 Å². The van der Waals surface area contributed by atoms with Crippen molar-refractivity contribution in [2.24, 2.45) is 11.1 Å². The summed E-state index contributed by atoms with van der Waals surface area (Å²) in [5, 5.41) is 2.90. The molecule has 0 heterocycles. The van der Waals surface area contributed by atoms with Crippen LogP contribution in [0.4, 0.5) is 0 Å². The van der Waals surface area contributed by atoms with Gasteiger partial charge in [-0.2, -0.15) is 0 Å². The van der Waals surface area contributed by atoms with Crippen LogP contribution in [0.25, 0.3) is 0 Å². The Labute approximate surface area is 108 Å². The lowest BCUT2D eigenvalue weighted by Crippen LogP contribution is -2.47. The Hall–Kier alpha value is -1.55. The molecule has 0 unspecified atom stereocenters. The third-order valence-electron chi connectivity index (χ3n) is 3.62. The largest absolute Gasteiger partial charge is 0.484 e. The van der Waals surface area contributed by atoms with E-state index >= 15 is 0 Å². The summed E-state index contributed by atoms with van der Waals surface area (Å²) in [7, 11) is 0. The minimum atomic E-state index is -0.0846. The molecular formula is C14H20N2O2. The van der Waals surface area contributed by atoms with Gasteiger partial charge in [-0.1, -0.05) is 24.6 Å². The second kappa shape index (κ2) is 5.87. The summed E-state index contributed by atoms with van der Waals surface area (Å²) in [5.74, 6) is 0.628. The normalized spacial score (nSPS) is 16.7. The van der Waals surface area contributed by atoms with Crippen molar-refractivity contribution in [2.45, 2.75) is 19.3 Å². The number of rotatable bonds is 6. The van der Waals surface area contributed by atoms with Crippen molar-refractivity contribution in [2.75, 3.05) is 19.7 Å². The van der Waals surface area contributed by atoms with Crippen LogP contribution in [0.15, 0.2) is 30.3 Å². The molecule has 1 aliphatic rings. The maximum absolute atomic E-state index is 11.6. The fourth-order valence-electron chi connectivity index (χ4n) is 2.13. The molecule has 2 rings (SSSR count). The van der Waals surface area contributed by atoms with Crippen molar-refractivity contribution in [3.63, 3.8) is 0 Å². The van der Waals surface area contributed by atoms with Crippen molar-refractivity contribution in [3.8, 4) is 5.75 Å². The molecule has 98 valence electrons. The number of para-hydroxylation sites is 1. The van der Waals surface area contributed by atoms with E-state index in [2.05, 4.69) is 5.32 Å². The van der Waals surface area contributed by atoms with Gasteiger partial charge in [-0.25, -0.2) is 0 Å². The van der Waals surface area contributed by atoms with E-state index in [0.29, 0.717) is 18.8 Å². The van der Waals surface area contributed by atoms with Crippen molar-refractivity contribution in [1.82, 2.24) is 5.32 Å². The highest BCUT2D eigenvalue weighted by Crippen LogP contribution is 2.38. The Morgan fingerprint density at radius 2 is 2.06 bits per heavy atom. The molecule has 3 N–H and O–H groups in total. The Balaban J connectivity index is 1.69. The van der Waals surface area contributed by atoms with Crippen molar-refractivity contribution in [1.29, 1.82) is 0 Å². The van der Waals surface area contributed by atoms with E-state index in [9.17, 15) is 4.79 Å². The van der Waals surface area contributed by atoms with E-state index in [1.807, 2.05) is 30.3 Å². The third kappa shape index (κ3) is 3.23. The number of carbonyl (C=O) groups is 1. The smallest absolute Gasteiger partial charge is 0.257 e. The van der Waals surface area contributed by atoms with E-state index in [4.69, 9.17) is 10.5 Å². The van der Waals surface area contributed by atoms with E-state index < -0.39 is 0 Å². The van der Waals surface area contributed by atoms with Gasteiger partial charge in [0.2, 0.25) is 0 Å². The van der Waals surface area contributed by atoms with E-state index in [1.54, 1.807) is 0 Å². The van der Waals surface area contributed by atoms with E-state index in [0.717, 1.165) is 12.8 Å². The Morgan fingerprint density at radius 1 is 1.33 bits per heavy atom. The van der Waals surface area contributed by atoms with Gasteiger partial charge >= 0.3 is 0 Å². The first-order valence-electron chi connectivity index (χ1n) is 6.39.